The van der Waals surface area contributed by atoms with Crippen molar-refractivity contribution in [1.82, 2.24) is 4.90 Å². The molecule has 0 unspecified atom stereocenters. The summed E-state index contributed by atoms with van der Waals surface area (Å²) in [6.45, 7) is 1.71. The summed E-state index contributed by atoms with van der Waals surface area (Å²) in [7, 11) is 0. The molecule has 0 heterocycles. The maximum absolute atomic E-state index is 12.5. The van der Waals surface area contributed by atoms with Crippen LogP contribution in [0.4, 0.5) is 4.79 Å². The molecule has 0 spiro atoms. The molecule has 2 rings (SSSR count). The fraction of sp³-hybridized carbons (Fsp3) is 0.556. The highest BCUT2D eigenvalue weighted by Gasteiger charge is 2.33. The first-order valence-corrected chi connectivity index (χ1v) is 8.31. The first kappa shape index (κ1) is 17.3. The fourth-order valence-corrected chi connectivity index (χ4v) is 3.07. The highest BCUT2D eigenvalue weighted by atomic mass is 16.6. The Morgan fingerprint density at radius 2 is 1.78 bits per heavy atom. The minimum atomic E-state index is -0.995. The monoisotopic (exact) mass is 319 g/mol. The first-order chi connectivity index (χ1) is 11.1. The Morgan fingerprint density at radius 1 is 1.17 bits per heavy atom. The quantitative estimate of drug-likeness (QED) is 0.838. The van der Waals surface area contributed by atoms with Crippen molar-refractivity contribution in [3.8, 4) is 0 Å². The van der Waals surface area contributed by atoms with Crippen molar-refractivity contribution >= 4 is 12.1 Å². The van der Waals surface area contributed by atoms with Gasteiger partial charge in [0.2, 0.25) is 0 Å². The van der Waals surface area contributed by atoms with Crippen LogP contribution >= 0.6 is 0 Å². The average Bonchev–Trinajstić information content (AvgIpc) is 2.83. The molecule has 1 aromatic carbocycles. The third-order valence-corrected chi connectivity index (χ3v) is 4.41. The Balaban J connectivity index is 2.05. The second-order valence-corrected chi connectivity index (χ2v) is 6.11. The Morgan fingerprint density at radius 3 is 2.35 bits per heavy atom. The smallest absolute Gasteiger partial charge is 0.411 e. The maximum atomic E-state index is 12.5. The second-order valence-electron chi connectivity index (χ2n) is 6.11. The lowest BCUT2D eigenvalue weighted by Crippen LogP contribution is -2.49. The molecule has 5 nitrogen and oxygen atoms in total. The summed E-state index contributed by atoms with van der Waals surface area (Å²) in [5.41, 5.74) is 0.893. The molecule has 1 atom stereocenters. The van der Waals surface area contributed by atoms with Crippen molar-refractivity contribution < 1.29 is 19.4 Å². The van der Waals surface area contributed by atoms with E-state index in [2.05, 4.69) is 0 Å². The van der Waals surface area contributed by atoms with E-state index in [1.807, 2.05) is 30.3 Å². The van der Waals surface area contributed by atoms with Crippen LogP contribution in [0.25, 0.3) is 0 Å². The summed E-state index contributed by atoms with van der Waals surface area (Å²) in [5, 5.41) is 9.34. The zero-order valence-electron chi connectivity index (χ0n) is 13.6. The van der Waals surface area contributed by atoms with Crippen LogP contribution in [0.3, 0.4) is 0 Å². The number of nitrogens with zero attached hydrogens (tertiary/aromatic N) is 1. The molecule has 1 saturated carbocycles. The Kier molecular flexibility index (Phi) is 6.44. The number of carboxylic acid groups (broad SMARTS) is 1. The van der Waals surface area contributed by atoms with Gasteiger partial charge in [-0.25, -0.2) is 9.59 Å². The van der Waals surface area contributed by atoms with Crippen LogP contribution in [0.15, 0.2) is 30.3 Å². The van der Waals surface area contributed by atoms with Crippen molar-refractivity contribution in [2.45, 2.75) is 64.1 Å². The normalized spacial score (nSPS) is 17.1. The van der Waals surface area contributed by atoms with Gasteiger partial charge < -0.3 is 9.84 Å². The molecule has 0 aromatic heterocycles. The molecule has 1 aromatic rings. The third-order valence-electron chi connectivity index (χ3n) is 4.41. The van der Waals surface area contributed by atoms with Crippen LogP contribution < -0.4 is 0 Å². The van der Waals surface area contributed by atoms with Crippen LogP contribution in [0.5, 0.6) is 0 Å². The van der Waals surface area contributed by atoms with E-state index in [-0.39, 0.29) is 12.6 Å². The number of rotatable bonds is 5. The van der Waals surface area contributed by atoms with Gasteiger partial charge in [-0.05, 0) is 25.3 Å². The zero-order chi connectivity index (χ0) is 16.7. The lowest BCUT2D eigenvalue weighted by molar-refractivity contribution is -0.143. The van der Waals surface area contributed by atoms with Crippen molar-refractivity contribution in [3.63, 3.8) is 0 Å². The van der Waals surface area contributed by atoms with E-state index in [1.54, 1.807) is 6.92 Å². The van der Waals surface area contributed by atoms with Gasteiger partial charge in [-0.1, -0.05) is 56.0 Å². The molecular weight excluding hydrogens is 294 g/mol. The molecule has 1 aliphatic carbocycles. The van der Waals surface area contributed by atoms with Crippen molar-refractivity contribution in [2.75, 3.05) is 0 Å². The van der Waals surface area contributed by atoms with E-state index in [0.717, 1.165) is 44.1 Å². The van der Waals surface area contributed by atoms with Gasteiger partial charge in [0.15, 0.2) is 0 Å². The van der Waals surface area contributed by atoms with Gasteiger partial charge in [0.1, 0.15) is 12.6 Å². The predicted molar refractivity (Wildman–Crippen MR) is 87.1 cm³/mol. The van der Waals surface area contributed by atoms with Gasteiger partial charge in [-0.15, -0.1) is 0 Å². The Bertz CT molecular complexity index is 509. The summed E-state index contributed by atoms with van der Waals surface area (Å²) < 4.78 is 5.38. The number of hydrogen-bond acceptors (Lipinski definition) is 3. The van der Waals surface area contributed by atoms with E-state index in [1.165, 1.54) is 4.90 Å². The highest BCUT2D eigenvalue weighted by Crippen LogP contribution is 2.24. The van der Waals surface area contributed by atoms with E-state index in [4.69, 9.17) is 4.74 Å². The number of hydrogen-bond donors (Lipinski definition) is 1. The Hall–Kier alpha value is -2.04. The van der Waals surface area contributed by atoms with Gasteiger partial charge in [0.25, 0.3) is 0 Å². The third kappa shape index (κ3) is 4.98. The van der Waals surface area contributed by atoms with Gasteiger partial charge in [-0.3, -0.25) is 4.90 Å². The molecule has 126 valence electrons. The van der Waals surface area contributed by atoms with Crippen molar-refractivity contribution in [3.05, 3.63) is 35.9 Å². The largest absolute Gasteiger partial charge is 0.480 e. The van der Waals surface area contributed by atoms with E-state index >= 15 is 0 Å². The molecule has 1 N–H and O–H groups in total. The minimum absolute atomic E-state index is 0.0492. The molecule has 1 fully saturated rings. The Labute approximate surface area is 137 Å². The van der Waals surface area contributed by atoms with Crippen LogP contribution in [-0.2, 0) is 16.1 Å². The summed E-state index contributed by atoms with van der Waals surface area (Å²) in [5.74, 6) is -0.995. The number of ether oxygens (including phenoxy) is 1. The summed E-state index contributed by atoms with van der Waals surface area (Å²) in [6, 6.07) is 8.50. The number of aliphatic carboxylic acids is 1. The van der Waals surface area contributed by atoms with Gasteiger partial charge in [0, 0.05) is 6.04 Å². The van der Waals surface area contributed by atoms with Crippen LogP contribution in [-0.4, -0.2) is 34.2 Å². The standard InChI is InChI=1S/C18H25NO4/c1-14(17(20)21)19(16-11-7-2-3-8-12-16)18(22)23-13-15-9-5-4-6-10-15/h4-6,9-10,14,16H,2-3,7-8,11-13H2,1H3,(H,20,21)/t14-/m0/s1. The van der Waals surface area contributed by atoms with Crippen LogP contribution in [0.1, 0.15) is 51.0 Å². The number of carbonyl (C=O) groups excluding carboxylic acids is 1. The molecular formula is C18H25NO4. The topological polar surface area (TPSA) is 66.8 Å². The van der Waals surface area contributed by atoms with Crippen LogP contribution in [0.2, 0.25) is 0 Å². The predicted octanol–water partition coefficient (Wildman–Crippen LogP) is 3.82. The van der Waals surface area contributed by atoms with Crippen molar-refractivity contribution in [1.29, 1.82) is 0 Å². The van der Waals surface area contributed by atoms with Crippen molar-refractivity contribution in [2.24, 2.45) is 0 Å². The molecule has 1 aliphatic rings. The minimum Gasteiger partial charge on any atom is -0.480 e. The molecule has 5 heteroatoms. The van der Waals surface area contributed by atoms with E-state index in [0.29, 0.717) is 0 Å². The van der Waals surface area contributed by atoms with E-state index < -0.39 is 18.1 Å². The lowest BCUT2D eigenvalue weighted by atomic mass is 10.1. The van der Waals surface area contributed by atoms with Gasteiger partial charge >= 0.3 is 12.1 Å². The summed E-state index contributed by atoms with van der Waals surface area (Å²) in [6.07, 6.45) is 5.50. The number of amides is 1. The molecule has 23 heavy (non-hydrogen) atoms. The van der Waals surface area contributed by atoms with Gasteiger partial charge in [-0.2, -0.15) is 0 Å². The van der Waals surface area contributed by atoms with E-state index in [9.17, 15) is 14.7 Å². The molecule has 0 bridgehead atoms. The number of carboxylic acids is 1. The molecule has 0 aliphatic heterocycles. The summed E-state index contributed by atoms with van der Waals surface area (Å²) in [4.78, 5) is 25.3. The SMILES string of the molecule is C[C@@H](C(=O)O)N(C(=O)OCc1ccccc1)C1CCCCCC1. The number of carbonyl (C=O) groups is 2. The number of benzene rings is 1. The molecule has 1 amide bonds. The highest BCUT2D eigenvalue weighted by molar-refractivity contribution is 5.79. The lowest BCUT2D eigenvalue weighted by Gasteiger charge is -2.33. The fourth-order valence-electron chi connectivity index (χ4n) is 3.07. The average molecular weight is 319 g/mol. The molecule has 0 saturated heterocycles. The molecule has 0 radical (unpaired) electrons. The van der Waals surface area contributed by atoms with Crippen LogP contribution in [0, 0.1) is 0 Å². The summed E-state index contributed by atoms with van der Waals surface area (Å²) >= 11 is 0. The zero-order valence-corrected chi connectivity index (χ0v) is 13.6. The maximum Gasteiger partial charge on any atom is 0.411 e. The van der Waals surface area contributed by atoms with Gasteiger partial charge in [0.05, 0.1) is 0 Å². The first-order valence-electron chi connectivity index (χ1n) is 8.31. The second kappa shape index (κ2) is 8.56.